The van der Waals surface area contributed by atoms with Crippen LogP contribution in [0, 0.1) is 17.8 Å². The largest absolute Gasteiger partial charge is 0.343 e. The lowest BCUT2D eigenvalue weighted by Gasteiger charge is -2.36. The number of carbonyl (C=O) groups excluding carboxylic acids is 2. The van der Waals surface area contributed by atoms with Crippen LogP contribution in [0.3, 0.4) is 0 Å². The van der Waals surface area contributed by atoms with Crippen LogP contribution in [0.15, 0.2) is 0 Å². The van der Waals surface area contributed by atoms with Gasteiger partial charge in [-0.05, 0) is 56.5 Å². The summed E-state index contributed by atoms with van der Waals surface area (Å²) in [4.78, 5) is 28.9. The van der Waals surface area contributed by atoms with Crippen LogP contribution in [-0.2, 0) is 4.79 Å². The molecule has 0 spiro atoms. The zero-order valence-electron chi connectivity index (χ0n) is 17.3. The molecule has 1 atom stereocenters. The second-order valence-electron chi connectivity index (χ2n) is 8.37. The summed E-state index contributed by atoms with van der Waals surface area (Å²) in [5, 5.41) is 6.41. The van der Waals surface area contributed by atoms with Gasteiger partial charge in [0.1, 0.15) is 0 Å². The number of nitrogens with zero attached hydrogens (tertiary/aromatic N) is 2. The van der Waals surface area contributed by atoms with Gasteiger partial charge in [-0.1, -0.05) is 20.8 Å². The highest BCUT2D eigenvalue weighted by atomic mass is 35.5. The van der Waals surface area contributed by atoms with Gasteiger partial charge in [-0.15, -0.1) is 12.4 Å². The van der Waals surface area contributed by atoms with Gasteiger partial charge in [0.15, 0.2) is 0 Å². The van der Waals surface area contributed by atoms with Crippen molar-refractivity contribution in [2.24, 2.45) is 17.8 Å². The predicted molar refractivity (Wildman–Crippen MR) is 112 cm³/mol. The minimum Gasteiger partial charge on any atom is -0.343 e. The van der Waals surface area contributed by atoms with Crippen LogP contribution in [0.4, 0.5) is 4.79 Å². The summed E-state index contributed by atoms with van der Waals surface area (Å²) < 4.78 is 0. The highest BCUT2D eigenvalue weighted by molar-refractivity contribution is 5.85. The number of piperidine rings is 2. The molecule has 0 aromatic carbocycles. The van der Waals surface area contributed by atoms with Gasteiger partial charge in [-0.2, -0.15) is 0 Å². The molecule has 2 saturated heterocycles. The van der Waals surface area contributed by atoms with Crippen LogP contribution in [0.2, 0.25) is 0 Å². The first kappa shape index (κ1) is 24.0. The first-order valence-electron chi connectivity index (χ1n) is 10.5. The smallest absolute Gasteiger partial charge is 0.317 e. The van der Waals surface area contributed by atoms with Crippen molar-refractivity contribution in [2.45, 2.75) is 52.9 Å². The Labute approximate surface area is 171 Å². The summed E-state index contributed by atoms with van der Waals surface area (Å²) in [7, 11) is 0. The van der Waals surface area contributed by atoms with Gasteiger partial charge < -0.3 is 20.4 Å². The maximum absolute atomic E-state index is 12.7. The Morgan fingerprint density at radius 3 is 2.37 bits per heavy atom. The third-order valence-electron chi connectivity index (χ3n) is 5.58. The van der Waals surface area contributed by atoms with E-state index in [0.717, 1.165) is 58.4 Å². The molecule has 2 N–H and O–H groups in total. The highest BCUT2D eigenvalue weighted by Crippen LogP contribution is 2.23. The molecule has 0 aromatic heterocycles. The van der Waals surface area contributed by atoms with E-state index >= 15 is 0 Å². The number of nitrogens with one attached hydrogen (secondary N) is 2. The average Bonchev–Trinajstić information content (AvgIpc) is 2.65. The van der Waals surface area contributed by atoms with Gasteiger partial charge in [0.05, 0.1) is 0 Å². The van der Waals surface area contributed by atoms with Gasteiger partial charge in [0.2, 0.25) is 5.91 Å². The van der Waals surface area contributed by atoms with E-state index in [9.17, 15) is 9.59 Å². The number of carbonyl (C=O) groups is 2. The average molecular weight is 403 g/mol. The molecule has 158 valence electrons. The summed E-state index contributed by atoms with van der Waals surface area (Å²) in [5.74, 6) is 1.74. The quantitative estimate of drug-likeness (QED) is 0.688. The molecule has 27 heavy (non-hydrogen) atoms. The lowest BCUT2D eigenvalue weighted by Crippen LogP contribution is -2.47. The van der Waals surface area contributed by atoms with Crippen LogP contribution in [0.25, 0.3) is 0 Å². The molecule has 2 aliphatic rings. The summed E-state index contributed by atoms with van der Waals surface area (Å²) in [6.07, 6.45) is 4.85. The van der Waals surface area contributed by atoms with Crippen molar-refractivity contribution in [1.82, 2.24) is 20.4 Å². The number of urea groups is 1. The van der Waals surface area contributed by atoms with E-state index in [4.69, 9.17) is 0 Å². The Bertz CT molecular complexity index is 453. The van der Waals surface area contributed by atoms with Crippen LogP contribution in [-0.4, -0.2) is 67.6 Å². The van der Waals surface area contributed by atoms with Crippen molar-refractivity contribution in [3.8, 4) is 0 Å². The molecular weight excluding hydrogens is 364 g/mol. The highest BCUT2D eigenvalue weighted by Gasteiger charge is 2.28. The van der Waals surface area contributed by atoms with E-state index in [2.05, 4.69) is 31.4 Å². The fourth-order valence-electron chi connectivity index (χ4n) is 3.93. The molecule has 7 heteroatoms. The van der Waals surface area contributed by atoms with E-state index in [1.807, 2.05) is 9.80 Å². The molecule has 6 nitrogen and oxygen atoms in total. The Morgan fingerprint density at radius 1 is 1.04 bits per heavy atom. The molecule has 2 rings (SSSR count). The lowest BCUT2D eigenvalue weighted by atomic mass is 9.92. The first-order chi connectivity index (χ1) is 12.5. The normalized spacial score (nSPS) is 21.1. The summed E-state index contributed by atoms with van der Waals surface area (Å²) in [5.41, 5.74) is 0. The van der Waals surface area contributed by atoms with E-state index in [1.165, 1.54) is 0 Å². The fraction of sp³-hybridized carbons (Fsp3) is 0.900. The minimum absolute atomic E-state index is 0. The van der Waals surface area contributed by atoms with Gasteiger partial charge >= 0.3 is 6.03 Å². The number of likely N-dealkylation sites (tertiary alicyclic amines) is 2. The van der Waals surface area contributed by atoms with Gasteiger partial charge in [-0.25, -0.2) is 4.79 Å². The second kappa shape index (κ2) is 12.4. The third-order valence-corrected chi connectivity index (χ3v) is 5.58. The van der Waals surface area contributed by atoms with Gasteiger partial charge in [0, 0.05) is 39.1 Å². The van der Waals surface area contributed by atoms with Crippen molar-refractivity contribution in [3.63, 3.8) is 0 Å². The van der Waals surface area contributed by atoms with E-state index in [-0.39, 0.29) is 24.3 Å². The van der Waals surface area contributed by atoms with Crippen molar-refractivity contribution in [1.29, 1.82) is 0 Å². The second-order valence-corrected chi connectivity index (χ2v) is 8.37. The predicted octanol–water partition coefficient (Wildman–Crippen LogP) is 2.72. The molecule has 1 unspecified atom stereocenters. The van der Waals surface area contributed by atoms with E-state index < -0.39 is 0 Å². The standard InChI is InChI=1S/C20H38N4O2.ClH/c1-4-21-14-17-7-10-23(11-8-17)19(25)12-18-6-5-9-24(15-18)20(26)22-13-16(2)3;/h16-18,21H,4-15H2,1-3H3,(H,22,26);1H. The third kappa shape index (κ3) is 8.26. The minimum atomic E-state index is 0. The Morgan fingerprint density at radius 2 is 1.74 bits per heavy atom. The van der Waals surface area contributed by atoms with Gasteiger partial charge in [0.25, 0.3) is 0 Å². The van der Waals surface area contributed by atoms with Crippen molar-refractivity contribution in [3.05, 3.63) is 0 Å². The molecule has 0 bridgehead atoms. The molecule has 0 radical (unpaired) electrons. The number of hydrogen-bond acceptors (Lipinski definition) is 3. The molecular formula is C20H39ClN4O2. The monoisotopic (exact) mass is 402 g/mol. The number of halogens is 1. The molecule has 0 aromatic rings. The number of amides is 3. The number of hydrogen-bond donors (Lipinski definition) is 2. The van der Waals surface area contributed by atoms with Gasteiger partial charge in [-0.3, -0.25) is 4.79 Å². The van der Waals surface area contributed by atoms with Crippen LogP contribution in [0.5, 0.6) is 0 Å². The molecule has 2 heterocycles. The summed E-state index contributed by atoms with van der Waals surface area (Å²) in [6, 6.07) is 0.0279. The van der Waals surface area contributed by atoms with Crippen LogP contribution >= 0.6 is 12.4 Å². The number of rotatable bonds is 7. The fourth-order valence-corrected chi connectivity index (χ4v) is 3.93. The Kier molecular flexibility index (Phi) is 11.1. The van der Waals surface area contributed by atoms with Crippen molar-refractivity contribution in [2.75, 3.05) is 45.8 Å². The lowest BCUT2D eigenvalue weighted by molar-refractivity contribution is -0.134. The maximum Gasteiger partial charge on any atom is 0.317 e. The van der Waals surface area contributed by atoms with Crippen LogP contribution < -0.4 is 10.6 Å². The summed E-state index contributed by atoms with van der Waals surface area (Å²) >= 11 is 0. The SMILES string of the molecule is CCNCC1CCN(C(=O)CC2CCCN(C(=O)NCC(C)C)C2)CC1.Cl. The topological polar surface area (TPSA) is 64.7 Å². The molecule has 2 fully saturated rings. The maximum atomic E-state index is 12.7. The zero-order valence-corrected chi connectivity index (χ0v) is 18.2. The Hall–Kier alpha value is -1.01. The first-order valence-corrected chi connectivity index (χ1v) is 10.5. The van der Waals surface area contributed by atoms with E-state index in [1.54, 1.807) is 0 Å². The summed E-state index contributed by atoms with van der Waals surface area (Å²) in [6.45, 7) is 12.4. The van der Waals surface area contributed by atoms with E-state index in [0.29, 0.717) is 37.3 Å². The molecule has 0 saturated carbocycles. The van der Waals surface area contributed by atoms with Crippen LogP contribution in [0.1, 0.15) is 52.9 Å². The molecule has 0 aliphatic carbocycles. The van der Waals surface area contributed by atoms with Crippen molar-refractivity contribution >= 4 is 24.3 Å². The Balaban J connectivity index is 0.00000364. The zero-order chi connectivity index (χ0) is 18.9. The van der Waals surface area contributed by atoms with Crippen molar-refractivity contribution < 1.29 is 9.59 Å². The molecule has 2 aliphatic heterocycles. The molecule has 3 amide bonds.